The first-order valence-corrected chi connectivity index (χ1v) is 10.9. The van der Waals surface area contributed by atoms with Gasteiger partial charge < -0.3 is 5.32 Å². The third-order valence-electron chi connectivity index (χ3n) is 5.19. The number of alkyl halides is 2. The van der Waals surface area contributed by atoms with Crippen molar-refractivity contribution in [1.82, 2.24) is 20.1 Å². The quantitative estimate of drug-likeness (QED) is 0.602. The first-order chi connectivity index (χ1) is 14.8. The van der Waals surface area contributed by atoms with Gasteiger partial charge in [-0.3, -0.25) is 14.4 Å². The van der Waals surface area contributed by atoms with E-state index in [2.05, 4.69) is 15.5 Å². The number of hydrogen-bond acceptors (Lipinski definition) is 5. The molecule has 10 heteroatoms. The molecule has 1 amide bonds. The molecule has 2 aromatic heterocycles. The number of aliphatic imine (C=N–C) groups is 1. The minimum atomic E-state index is -2.62. The lowest BCUT2D eigenvalue weighted by molar-refractivity contribution is -0.122. The van der Waals surface area contributed by atoms with Gasteiger partial charge in [-0.25, -0.2) is 8.78 Å². The van der Waals surface area contributed by atoms with Crippen LogP contribution in [-0.2, 0) is 4.79 Å². The molecule has 1 aliphatic heterocycles. The van der Waals surface area contributed by atoms with Crippen molar-refractivity contribution in [3.8, 4) is 5.00 Å². The Morgan fingerprint density at radius 3 is 2.61 bits per heavy atom. The standard InChI is InChI=1S/C21H20ClF2N5OS/c1-10-11(2)31-21-18(10)19(13-4-6-14(22)7-5-13)26-15(8-17(30)25-9-16(23)24)20-28-27-12(3)29(20)21/h4-7,15-16H,8-9H2,1-3H3,(H,25,30)/t15-/m0/s1. The summed E-state index contributed by atoms with van der Waals surface area (Å²) in [6.45, 7) is 5.22. The molecule has 1 atom stereocenters. The fourth-order valence-corrected chi connectivity index (χ4v) is 4.91. The van der Waals surface area contributed by atoms with Crippen LogP contribution in [0.15, 0.2) is 29.3 Å². The Morgan fingerprint density at radius 1 is 1.23 bits per heavy atom. The molecular weight excluding hydrogens is 444 g/mol. The molecular formula is C21H20ClF2N5OS. The van der Waals surface area contributed by atoms with Gasteiger partial charge in [-0.2, -0.15) is 0 Å². The number of aromatic nitrogens is 3. The van der Waals surface area contributed by atoms with E-state index in [1.807, 2.05) is 37.5 Å². The van der Waals surface area contributed by atoms with Gasteiger partial charge in [-0.15, -0.1) is 21.5 Å². The molecule has 6 nitrogen and oxygen atoms in total. The molecule has 1 aliphatic rings. The van der Waals surface area contributed by atoms with Crippen molar-refractivity contribution in [1.29, 1.82) is 0 Å². The number of nitrogens with one attached hydrogen (secondary N) is 1. The maximum atomic E-state index is 12.5. The van der Waals surface area contributed by atoms with E-state index >= 15 is 0 Å². The molecule has 31 heavy (non-hydrogen) atoms. The van der Waals surface area contributed by atoms with Crippen molar-refractivity contribution >= 4 is 34.6 Å². The molecule has 4 rings (SSSR count). The minimum absolute atomic E-state index is 0.116. The summed E-state index contributed by atoms with van der Waals surface area (Å²) in [5, 5.41) is 12.3. The van der Waals surface area contributed by atoms with E-state index in [0.29, 0.717) is 22.4 Å². The third-order valence-corrected chi connectivity index (χ3v) is 6.63. The number of rotatable bonds is 5. The number of benzene rings is 1. The Kier molecular flexibility index (Phi) is 5.90. The van der Waals surface area contributed by atoms with Gasteiger partial charge in [0.25, 0.3) is 6.43 Å². The van der Waals surface area contributed by atoms with E-state index in [4.69, 9.17) is 16.6 Å². The lowest BCUT2D eigenvalue weighted by Crippen LogP contribution is -2.29. The number of amides is 1. The molecule has 0 saturated carbocycles. The van der Waals surface area contributed by atoms with Gasteiger partial charge >= 0.3 is 0 Å². The third kappa shape index (κ3) is 4.12. The number of carbonyl (C=O) groups is 1. The van der Waals surface area contributed by atoms with Gasteiger partial charge in [0.15, 0.2) is 5.82 Å². The van der Waals surface area contributed by atoms with Crippen molar-refractivity contribution in [2.24, 2.45) is 4.99 Å². The molecule has 0 bridgehead atoms. The van der Waals surface area contributed by atoms with Gasteiger partial charge in [0.05, 0.1) is 18.7 Å². The Bertz CT molecular complexity index is 1170. The van der Waals surface area contributed by atoms with Crippen LogP contribution < -0.4 is 5.32 Å². The van der Waals surface area contributed by atoms with Gasteiger partial charge in [0.1, 0.15) is 16.9 Å². The Morgan fingerprint density at radius 2 is 1.94 bits per heavy atom. The molecule has 0 unspecified atom stereocenters. The van der Waals surface area contributed by atoms with Crippen LogP contribution in [0.3, 0.4) is 0 Å². The molecule has 3 aromatic rings. The molecule has 0 spiro atoms. The summed E-state index contributed by atoms with van der Waals surface area (Å²) in [7, 11) is 0. The minimum Gasteiger partial charge on any atom is -0.350 e. The summed E-state index contributed by atoms with van der Waals surface area (Å²) >= 11 is 7.68. The van der Waals surface area contributed by atoms with E-state index < -0.39 is 24.9 Å². The van der Waals surface area contributed by atoms with E-state index in [0.717, 1.165) is 26.6 Å². The predicted octanol–water partition coefficient (Wildman–Crippen LogP) is 4.57. The van der Waals surface area contributed by atoms with Crippen LogP contribution in [0.4, 0.5) is 8.78 Å². The first-order valence-electron chi connectivity index (χ1n) is 9.67. The second-order valence-electron chi connectivity index (χ2n) is 7.30. The molecule has 1 N–H and O–H groups in total. The van der Waals surface area contributed by atoms with E-state index in [1.54, 1.807) is 23.5 Å². The molecule has 3 heterocycles. The number of aryl methyl sites for hydroxylation is 2. The van der Waals surface area contributed by atoms with Gasteiger partial charge in [0, 0.05) is 21.0 Å². The number of fused-ring (bicyclic) bond motifs is 3. The van der Waals surface area contributed by atoms with Gasteiger partial charge in [-0.05, 0) is 38.5 Å². The number of halogens is 3. The van der Waals surface area contributed by atoms with Crippen molar-refractivity contribution in [3.05, 3.63) is 62.5 Å². The van der Waals surface area contributed by atoms with Crippen molar-refractivity contribution < 1.29 is 13.6 Å². The normalized spacial score (nSPS) is 15.3. The highest BCUT2D eigenvalue weighted by molar-refractivity contribution is 7.15. The highest BCUT2D eigenvalue weighted by Crippen LogP contribution is 2.39. The Hall–Kier alpha value is -2.65. The summed E-state index contributed by atoms with van der Waals surface area (Å²) in [6.07, 6.45) is -2.73. The second kappa shape index (κ2) is 8.47. The fourth-order valence-electron chi connectivity index (χ4n) is 3.57. The van der Waals surface area contributed by atoms with Crippen molar-refractivity contribution in [3.63, 3.8) is 0 Å². The topological polar surface area (TPSA) is 72.2 Å². The van der Waals surface area contributed by atoms with Crippen LogP contribution in [0.2, 0.25) is 5.02 Å². The highest BCUT2D eigenvalue weighted by atomic mass is 35.5. The lowest BCUT2D eigenvalue weighted by Gasteiger charge is -2.13. The van der Waals surface area contributed by atoms with Crippen LogP contribution in [0.5, 0.6) is 0 Å². The lowest BCUT2D eigenvalue weighted by atomic mass is 9.99. The zero-order valence-corrected chi connectivity index (χ0v) is 18.7. The number of nitrogens with zero attached hydrogens (tertiary/aromatic N) is 4. The molecule has 1 aromatic carbocycles. The van der Waals surface area contributed by atoms with E-state index in [-0.39, 0.29) is 6.42 Å². The zero-order chi connectivity index (χ0) is 22.3. The average molecular weight is 464 g/mol. The van der Waals surface area contributed by atoms with E-state index in [1.165, 1.54) is 0 Å². The number of carbonyl (C=O) groups excluding carboxylic acids is 1. The second-order valence-corrected chi connectivity index (χ2v) is 8.94. The van der Waals surface area contributed by atoms with Crippen LogP contribution in [0, 0.1) is 20.8 Å². The van der Waals surface area contributed by atoms with Gasteiger partial charge in [0.2, 0.25) is 5.91 Å². The van der Waals surface area contributed by atoms with Crippen molar-refractivity contribution in [2.75, 3.05) is 6.54 Å². The van der Waals surface area contributed by atoms with Crippen LogP contribution in [0.1, 0.15) is 45.7 Å². The average Bonchev–Trinajstić information content (AvgIpc) is 3.19. The van der Waals surface area contributed by atoms with Crippen LogP contribution >= 0.6 is 22.9 Å². The summed E-state index contributed by atoms with van der Waals surface area (Å²) in [4.78, 5) is 18.4. The number of hydrogen-bond donors (Lipinski definition) is 1. The summed E-state index contributed by atoms with van der Waals surface area (Å²) in [5.41, 5.74) is 3.59. The number of thiophene rings is 1. The van der Waals surface area contributed by atoms with Crippen molar-refractivity contribution in [2.45, 2.75) is 39.7 Å². The predicted molar refractivity (Wildman–Crippen MR) is 117 cm³/mol. The molecule has 0 saturated heterocycles. The van der Waals surface area contributed by atoms with Crippen LogP contribution in [-0.4, -0.2) is 39.4 Å². The zero-order valence-electron chi connectivity index (χ0n) is 17.1. The maximum Gasteiger partial charge on any atom is 0.255 e. The Labute approximate surface area is 187 Å². The molecule has 0 radical (unpaired) electrons. The molecule has 162 valence electrons. The maximum absolute atomic E-state index is 12.5. The summed E-state index contributed by atoms with van der Waals surface area (Å²) < 4.78 is 27.0. The first kappa shape index (κ1) is 21.6. The van der Waals surface area contributed by atoms with Gasteiger partial charge in [-0.1, -0.05) is 23.7 Å². The Balaban J connectivity index is 1.87. The largest absolute Gasteiger partial charge is 0.350 e. The summed E-state index contributed by atoms with van der Waals surface area (Å²) in [5.74, 6) is 0.661. The molecule has 0 aliphatic carbocycles. The SMILES string of the molecule is Cc1sc2c(c1C)C(c1ccc(Cl)cc1)=N[C@@H](CC(=O)NCC(F)F)c1nnc(C)n1-2. The smallest absolute Gasteiger partial charge is 0.255 e. The summed E-state index contributed by atoms with van der Waals surface area (Å²) in [6, 6.07) is 6.65. The van der Waals surface area contributed by atoms with Crippen LogP contribution in [0.25, 0.3) is 5.00 Å². The fraction of sp³-hybridized carbons (Fsp3) is 0.333. The highest BCUT2D eigenvalue weighted by Gasteiger charge is 2.32. The molecule has 0 fully saturated rings. The monoisotopic (exact) mass is 463 g/mol. The van der Waals surface area contributed by atoms with E-state index in [9.17, 15) is 13.6 Å².